The van der Waals surface area contributed by atoms with Crippen molar-refractivity contribution in [1.82, 2.24) is 20.0 Å². The number of thiocarbonyl (C=S) groups is 1. The molecule has 0 aliphatic carbocycles. The smallest absolute Gasteiger partial charge is 0.164 e. The number of nitrogens with two attached hydrogens (primary N) is 1. The standard InChI is InChI=1S/C13H18N6S/c1-7(2)19-10(5-6-15-19)16-13-11(12(14)20)8(3)9(4)17-18-13/h5-7H,1-4H3,(H2,14,20)(H,16,18). The van der Waals surface area contributed by atoms with Crippen molar-refractivity contribution >= 4 is 28.8 Å². The molecule has 0 aliphatic heterocycles. The molecule has 0 aliphatic rings. The first-order valence-electron chi connectivity index (χ1n) is 6.36. The van der Waals surface area contributed by atoms with Crippen LogP contribution in [0.1, 0.15) is 36.7 Å². The fourth-order valence-corrected chi connectivity index (χ4v) is 2.19. The first kappa shape index (κ1) is 14.4. The minimum absolute atomic E-state index is 0.236. The second-order valence-electron chi connectivity index (χ2n) is 4.88. The third-order valence-corrected chi connectivity index (χ3v) is 3.31. The van der Waals surface area contributed by atoms with Gasteiger partial charge in [-0.25, -0.2) is 4.68 Å². The highest BCUT2D eigenvalue weighted by Gasteiger charge is 2.15. The van der Waals surface area contributed by atoms with Crippen molar-refractivity contribution < 1.29 is 0 Å². The fourth-order valence-electron chi connectivity index (χ4n) is 1.94. The molecule has 3 N–H and O–H groups in total. The molecule has 6 nitrogen and oxygen atoms in total. The third kappa shape index (κ3) is 2.62. The van der Waals surface area contributed by atoms with Crippen molar-refractivity contribution in [1.29, 1.82) is 0 Å². The molecule has 0 aromatic carbocycles. The van der Waals surface area contributed by atoms with Crippen LogP contribution in [0.15, 0.2) is 12.3 Å². The fraction of sp³-hybridized carbons (Fsp3) is 0.385. The second-order valence-corrected chi connectivity index (χ2v) is 5.32. The summed E-state index contributed by atoms with van der Waals surface area (Å²) < 4.78 is 1.86. The highest BCUT2D eigenvalue weighted by Crippen LogP contribution is 2.23. The van der Waals surface area contributed by atoms with Gasteiger partial charge in [-0.15, -0.1) is 5.10 Å². The normalized spacial score (nSPS) is 10.8. The molecule has 0 saturated carbocycles. The van der Waals surface area contributed by atoms with Gasteiger partial charge in [0.2, 0.25) is 0 Å². The van der Waals surface area contributed by atoms with Crippen LogP contribution in [-0.4, -0.2) is 25.0 Å². The Morgan fingerprint density at radius 2 is 2.05 bits per heavy atom. The summed E-state index contributed by atoms with van der Waals surface area (Å²) >= 11 is 5.12. The van der Waals surface area contributed by atoms with Crippen LogP contribution in [0.4, 0.5) is 11.6 Å². The summed E-state index contributed by atoms with van der Waals surface area (Å²) in [6.45, 7) is 7.92. The molecule has 0 radical (unpaired) electrons. The van der Waals surface area contributed by atoms with Gasteiger partial charge in [0.15, 0.2) is 5.82 Å². The van der Waals surface area contributed by atoms with Crippen LogP contribution in [0, 0.1) is 13.8 Å². The Bertz CT molecular complexity index is 646. The zero-order valence-corrected chi connectivity index (χ0v) is 12.8. The largest absolute Gasteiger partial charge is 0.389 e. The van der Waals surface area contributed by atoms with Crippen LogP contribution < -0.4 is 11.1 Å². The Labute approximate surface area is 123 Å². The van der Waals surface area contributed by atoms with Crippen molar-refractivity contribution in [2.45, 2.75) is 33.7 Å². The van der Waals surface area contributed by atoms with Crippen LogP contribution in [-0.2, 0) is 0 Å². The molecular weight excluding hydrogens is 272 g/mol. The summed E-state index contributed by atoms with van der Waals surface area (Å²) in [5, 5.41) is 15.8. The lowest BCUT2D eigenvalue weighted by molar-refractivity contribution is 0.539. The van der Waals surface area contributed by atoms with Gasteiger partial charge in [-0.05, 0) is 33.3 Å². The number of anilines is 2. The Morgan fingerprint density at radius 1 is 1.35 bits per heavy atom. The molecule has 7 heteroatoms. The molecule has 0 spiro atoms. The first-order valence-corrected chi connectivity index (χ1v) is 6.76. The van der Waals surface area contributed by atoms with Gasteiger partial charge in [-0.2, -0.15) is 10.2 Å². The van der Waals surface area contributed by atoms with E-state index in [0.29, 0.717) is 10.8 Å². The van der Waals surface area contributed by atoms with E-state index in [-0.39, 0.29) is 6.04 Å². The molecule has 0 bridgehead atoms. The van der Waals surface area contributed by atoms with Crippen LogP contribution in [0.2, 0.25) is 0 Å². The van der Waals surface area contributed by atoms with E-state index in [0.717, 1.165) is 22.6 Å². The van der Waals surface area contributed by atoms with Gasteiger partial charge in [-0.3, -0.25) is 0 Å². The summed E-state index contributed by atoms with van der Waals surface area (Å²) in [6.07, 6.45) is 1.73. The molecule has 0 fully saturated rings. The van der Waals surface area contributed by atoms with Crippen molar-refractivity contribution in [2.24, 2.45) is 5.73 Å². The second kappa shape index (κ2) is 5.54. The van der Waals surface area contributed by atoms with Crippen molar-refractivity contribution in [3.63, 3.8) is 0 Å². The maximum absolute atomic E-state index is 5.81. The number of rotatable bonds is 4. The summed E-state index contributed by atoms with van der Waals surface area (Å²) in [6, 6.07) is 2.11. The van der Waals surface area contributed by atoms with E-state index >= 15 is 0 Å². The van der Waals surface area contributed by atoms with E-state index in [1.54, 1.807) is 6.20 Å². The van der Waals surface area contributed by atoms with E-state index in [9.17, 15) is 0 Å². The zero-order chi connectivity index (χ0) is 14.9. The number of nitrogens with one attached hydrogen (secondary N) is 1. The average Bonchev–Trinajstić information content (AvgIpc) is 2.82. The Hall–Kier alpha value is -2.02. The number of aryl methyl sites for hydroxylation is 1. The van der Waals surface area contributed by atoms with Gasteiger partial charge in [0.25, 0.3) is 0 Å². The van der Waals surface area contributed by atoms with Crippen LogP contribution >= 0.6 is 12.2 Å². The number of hydrogen-bond acceptors (Lipinski definition) is 5. The van der Waals surface area contributed by atoms with Crippen LogP contribution in [0.3, 0.4) is 0 Å². The maximum atomic E-state index is 5.81. The molecule has 0 unspecified atom stereocenters. The third-order valence-electron chi connectivity index (χ3n) is 3.11. The highest BCUT2D eigenvalue weighted by atomic mass is 32.1. The number of nitrogens with zero attached hydrogens (tertiary/aromatic N) is 4. The number of aromatic nitrogens is 4. The van der Waals surface area contributed by atoms with Gasteiger partial charge >= 0.3 is 0 Å². The molecule has 2 heterocycles. The van der Waals surface area contributed by atoms with Crippen molar-refractivity contribution in [2.75, 3.05) is 5.32 Å². The van der Waals surface area contributed by atoms with E-state index in [1.165, 1.54) is 0 Å². The molecule has 106 valence electrons. The summed E-state index contributed by atoms with van der Waals surface area (Å²) in [4.78, 5) is 0.304. The van der Waals surface area contributed by atoms with Gasteiger partial charge in [0.05, 0.1) is 17.5 Å². The summed E-state index contributed by atoms with van der Waals surface area (Å²) in [5.74, 6) is 1.39. The van der Waals surface area contributed by atoms with Gasteiger partial charge in [0, 0.05) is 12.1 Å². The monoisotopic (exact) mass is 290 g/mol. The SMILES string of the molecule is Cc1nnc(Nc2ccnn2C(C)C)c(C(N)=S)c1C. The molecule has 20 heavy (non-hydrogen) atoms. The molecule has 0 atom stereocenters. The van der Waals surface area contributed by atoms with Gasteiger partial charge < -0.3 is 11.1 Å². The van der Waals surface area contributed by atoms with E-state index in [1.807, 2.05) is 24.6 Å². The minimum Gasteiger partial charge on any atom is -0.389 e. The topological polar surface area (TPSA) is 81.7 Å². The van der Waals surface area contributed by atoms with Crippen molar-refractivity contribution in [3.05, 3.63) is 29.1 Å². The molecule has 2 rings (SSSR count). The number of hydrogen-bond donors (Lipinski definition) is 2. The lowest BCUT2D eigenvalue weighted by atomic mass is 10.1. The molecular formula is C13H18N6S. The maximum Gasteiger partial charge on any atom is 0.164 e. The van der Waals surface area contributed by atoms with Crippen molar-refractivity contribution in [3.8, 4) is 0 Å². The molecule has 2 aromatic rings. The van der Waals surface area contributed by atoms with Crippen LogP contribution in [0.5, 0.6) is 0 Å². The Kier molecular flexibility index (Phi) is 3.99. The zero-order valence-electron chi connectivity index (χ0n) is 12.0. The predicted octanol–water partition coefficient (Wildman–Crippen LogP) is 2.25. The van der Waals surface area contributed by atoms with Crippen LogP contribution in [0.25, 0.3) is 0 Å². The van der Waals surface area contributed by atoms with E-state index in [2.05, 4.69) is 34.5 Å². The predicted molar refractivity (Wildman–Crippen MR) is 83.3 cm³/mol. The Balaban J connectivity index is 2.46. The van der Waals surface area contributed by atoms with Gasteiger partial charge in [-0.1, -0.05) is 12.2 Å². The lowest BCUT2D eigenvalue weighted by Crippen LogP contribution is -2.18. The summed E-state index contributed by atoms with van der Waals surface area (Å²) in [7, 11) is 0. The highest BCUT2D eigenvalue weighted by molar-refractivity contribution is 7.80. The molecule has 0 amide bonds. The molecule has 2 aromatic heterocycles. The summed E-state index contributed by atoms with van der Waals surface area (Å²) in [5.41, 5.74) is 8.29. The first-order chi connectivity index (χ1) is 9.41. The quantitative estimate of drug-likeness (QED) is 0.841. The minimum atomic E-state index is 0.236. The van der Waals surface area contributed by atoms with Gasteiger partial charge in [0.1, 0.15) is 10.8 Å². The average molecular weight is 290 g/mol. The molecule has 0 saturated heterocycles. The lowest BCUT2D eigenvalue weighted by Gasteiger charge is -2.15. The Morgan fingerprint density at radius 3 is 2.65 bits per heavy atom. The van der Waals surface area contributed by atoms with E-state index < -0.39 is 0 Å². The van der Waals surface area contributed by atoms with E-state index in [4.69, 9.17) is 18.0 Å².